The molecule has 5 rings (SSSR count). The molecular weight excluding hydrogens is 344 g/mol. The number of aromatic nitrogens is 6. The lowest BCUT2D eigenvalue weighted by Crippen LogP contribution is -2.18. The predicted molar refractivity (Wildman–Crippen MR) is 96.1 cm³/mol. The zero-order valence-electron chi connectivity index (χ0n) is 15.6. The van der Waals surface area contributed by atoms with Gasteiger partial charge in [0.25, 0.3) is 0 Å². The molecule has 1 fully saturated rings. The van der Waals surface area contributed by atoms with Crippen LogP contribution in [0.25, 0.3) is 11.5 Å². The Bertz CT molecular complexity index is 920. The smallest absolute Gasteiger partial charge is 0.230 e. The standard InChI is InChI=1S/C19H24N6O2/c1-2-5-17-20-15(11-26-17)18-21-19(27-23-18)12-8-9-14-16(10-12)25(24-22-14)13-6-3-4-7-13/h11-13H,2-10H2,1H3. The number of oxazole rings is 1. The van der Waals surface area contributed by atoms with Crippen LogP contribution in [-0.2, 0) is 19.3 Å². The van der Waals surface area contributed by atoms with E-state index in [1.54, 1.807) is 6.26 Å². The molecule has 1 saturated carbocycles. The van der Waals surface area contributed by atoms with Gasteiger partial charge in [0.05, 0.1) is 17.4 Å². The van der Waals surface area contributed by atoms with Crippen molar-refractivity contribution in [2.24, 2.45) is 0 Å². The summed E-state index contributed by atoms with van der Waals surface area (Å²) in [6, 6.07) is 0.505. The summed E-state index contributed by atoms with van der Waals surface area (Å²) >= 11 is 0. The lowest BCUT2D eigenvalue weighted by Gasteiger charge is -2.21. The molecule has 0 amide bonds. The van der Waals surface area contributed by atoms with E-state index in [0.29, 0.717) is 29.3 Å². The quantitative estimate of drug-likeness (QED) is 0.678. The first kappa shape index (κ1) is 16.6. The second-order valence-electron chi connectivity index (χ2n) is 7.64. The average molecular weight is 368 g/mol. The highest BCUT2D eigenvalue weighted by Crippen LogP contribution is 2.36. The van der Waals surface area contributed by atoms with Crippen LogP contribution in [0.4, 0.5) is 0 Å². The van der Waals surface area contributed by atoms with Gasteiger partial charge in [0.15, 0.2) is 5.89 Å². The van der Waals surface area contributed by atoms with Crippen molar-refractivity contribution in [1.29, 1.82) is 0 Å². The van der Waals surface area contributed by atoms with Crippen molar-refractivity contribution in [3.8, 4) is 11.5 Å². The third-order valence-electron chi connectivity index (χ3n) is 5.75. The Balaban J connectivity index is 1.36. The Morgan fingerprint density at radius 3 is 2.93 bits per heavy atom. The zero-order valence-corrected chi connectivity index (χ0v) is 15.6. The molecular formula is C19H24N6O2. The van der Waals surface area contributed by atoms with E-state index in [-0.39, 0.29) is 5.92 Å². The van der Waals surface area contributed by atoms with Gasteiger partial charge in [-0.25, -0.2) is 9.67 Å². The van der Waals surface area contributed by atoms with Gasteiger partial charge >= 0.3 is 0 Å². The van der Waals surface area contributed by atoms with E-state index < -0.39 is 0 Å². The number of nitrogens with zero attached hydrogens (tertiary/aromatic N) is 6. The SMILES string of the molecule is CCCc1nc(-c2noc(C3CCc4nnn(C5CCCC5)c4C3)n2)co1. The van der Waals surface area contributed by atoms with Gasteiger partial charge in [-0.15, -0.1) is 5.10 Å². The predicted octanol–water partition coefficient (Wildman–Crippen LogP) is 3.66. The van der Waals surface area contributed by atoms with Gasteiger partial charge < -0.3 is 8.94 Å². The summed E-state index contributed by atoms with van der Waals surface area (Å²) in [5.41, 5.74) is 3.03. The van der Waals surface area contributed by atoms with Crippen molar-refractivity contribution in [3.05, 3.63) is 29.4 Å². The average Bonchev–Trinajstić information content (AvgIpc) is 3.46. The van der Waals surface area contributed by atoms with Crippen LogP contribution in [0.1, 0.15) is 80.6 Å². The number of rotatable bonds is 5. The second-order valence-corrected chi connectivity index (χ2v) is 7.64. The molecule has 0 saturated heterocycles. The van der Waals surface area contributed by atoms with E-state index in [4.69, 9.17) is 8.94 Å². The maximum atomic E-state index is 5.59. The van der Waals surface area contributed by atoms with E-state index in [1.165, 1.54) is 31.4 Å². The molecule has 0 bridgehead atoms. The third kappa shape index (κ3) is 3.07. The maximum Gasteiger partial charge on any atom is 0.230 e. The van der Waals surface area contributed by atoms with E-state index in [1.807, 2.05) is 0 Å². The fourth-order valence-electron chi connectivity index (χ4n) is 4.30. The van der Waals surface area contributed by atoms with Gasteiger partial charge in [0, 0.05) is 18.8 Å². The van der Waals surface area contributed by atoms with Crippen molar-refractivity contribution in [1.82, 2.24) is 30.1 Å². The molecule has 0 aromatic carbocycles. The Hall–Kier alpha value is -2.51. The van der Waals surface area contributed by atoms with Gasteiger partial charge in [-0.05, 0) is 32.1 Å². The maximum absolute atomic E-state index is 5.59. The molecule has 1 atom stereocenters. The first-order chi connectivity index (χ1) is 13.3. The second kappa shape index (κ2) is 6.90. The van der Waals surface area contributed by atoms with Crippen LogP contribution >= 0.6 is 0 Å². The molecule has 3 heterocycles. The van der Waals surface area contributed by atoms with Crippen LogP contribution in [0, 0.1) is 0 Å². The molecule has 0 spiro atoms. The molecule has 8 nitrogen and oxygen atoms in total. The first-order valence-corrected chi connectivity index (χ1v) is 10.0. The van der Waals surface area contributed by atoms with Gasteiger partial charge in [0.2, 0.25) is 11.7 Å². The highest BCUT2D eigenvalue weighted by Gasteiger charge is 2.31. The summed E-state index contributed by atoms with van der Waals surface area (Å²) in [7, 11) is 0. The third-order valence-corrected chi connectivity index (χ3v) is 5.75. The van der Waals surface area contributed by atoms with Crippen molar-refractivity contribution in [3.63, 3.8) is 0 Å². The summed E-state index contributed by atoms with van der Waals surface area (Å²) in [4.78, 5) is 9.06. The summed E-state index contributed by atoms with van der Waals surface area (Å²) in [5.74, 6) is 2.10. The van der Waals surface area contributed by atoms with E-state index >= 15 is 0 Å². The molecule has 27 heavy (non-hydrogen) atoms. The highest BCUT2D eigenvalue weighted by atomic mass is 16.5. The Labute approximate surface area is 157 Å². The topological polar surface area (TPSA) is 95.7 Å². The molecule has 0 radical (unpaired) electrons. The molecule has 3 aromatic heterocycles. The number of hydrogen-bond donors (Lipinski definition) is 0. The van der Waals surface area contributed by atoms with E-state index in [9.17, 15) is 0 Å². The van der Waals surface area contributed by atoms with Gasteiger partial charge in [-0.3, -0.25) is 0 Å². The van der Waals surface area contributed by atoms with Crippen molar-refractivity contribution in [2.45, 2.75) is 76.7 Å². The van der Waals surface area contributed by atoms with Crippen LogP contribution in [-0.4, -0.2) is 30.1 Å². The Morgan fingerprint density at radius 2 is 2.07 bits per heavy atom. The lowest BCUT2D eigenvalue weighted by atomic mass is 9.89. The molecule has 0 N–H and O–H groups in total. The summed E-state index contributed by atoms with van der Waals surface area (Å²) in [6.07, 6.45) is 11.1. The monoisotopic (exact) mass is 368 g/mol. The lowest BCUT2D eigenvalue weighted by molar-refractivity contribution is 0.334. The van der Waals surface area contributed by atoms with Gasteiger partial charge in [-0.2, -0.15) is 4.98 Å². The van der Waals surface area contributed by atoms with Crippen LogP contribution in [0.15, 0.2) is 15.2 Å². The fourth-order valence-corrected chi connectivity index (χ4v) is 4.30. The van der Waals surface area contributed by atoms with E-state index in [0.717, 1.165) is 37.8 Å². The summed E-state index contributed by atoms with van der Waals surface area (Å²) in [5, 5.41) is 13.0. The number of fused-ring (bicyclic) bond motifs is 1. The molecule has 3 aromatic rings. The van der Waals surface area contributed by atoms with Crippen LogP contribution in [0.3, 0.4) is 0 Å². The number of hydrogen-bond acceptors (Lipinski definition) is 7. The Morgan fingerprint density at radius 1 is 1.19 bits per heavy atom. The van der Waals surface area contributed by atoms with Crippen LogP contribution in [0.2, 0.25) is 0 Å². The molecule has 8 heteroatoms. The van der Waals surface area contributed by atoms with Crippen molar-refractivity contribution >= 4 is 0 Å². The van der Waals surface area contributed by atoms with Crippen LogP contribution in [0.5, 0.6) is 0 Å². The highest BCUT2D eigenvalue weighted by molar-refractivity contribution is 5.45. The minimum Gasteiger partial charge on any atom is -0.448 e. The molecule has 0 aliphatic heterocycles. The largest absolute Gasteiger partial charge is 0.448 e. The van der Waals surface area contributed by atoms with Gasteiger partial charge in [0.1, 0.15) is 12.0 Å². The van der Waals surface area contributed by atoms with E-state index in [2.05, 4.69) is 37.0 Å². The zero-order chi connectivity index (χ0) is 18.2. The van der Waals surface area contributed by atoms with Crippen molar-refractivity contribution < 1.29 is 8.94 Å². The van der Waals surface area contributed by atoms with Crippen molar-refractivity contribution in [2.75, 3.05) is 0 Å². The first-order valence-electron chi connectivity index (χ1n) is 10.0. The molecule has 1 unspecified atom stereocenters. The molecule has 142 valence electrons. The molecule has 2 aliphatic carbocycles. The minimum atomic E-state index is 0.208. The summed E-state index contributed by atoms with van der Waals surface area (Å²) in [6.45, 7) is 2.10. The Kier molecular flexibility index (Phi) is 4.26. The van der Waals surface area contributed by atoms with Crippen LogP contribution < -0.4 is 0 Å². The normalized spacial score (nSPS) is 20.3. The minimum absolute atomic E-state index is 0.208. The van der Waals surface area contributed by atoms with Gasteiger partial charge in [-0.1, -0.05) is 30.1 Å². The number of aryl methyl sites for hydroxylation is 2. The fraction of sp³-hybridized carbons (Fsp3) is 0.632. The summed E-state index contributed by atoms with van der Waals surface area (Å²) < 4.78 is 13.2. The molecule has 2 aliphatic rings.